The molecule has 13 heavy (non-hydrogen) atoms. The molecule has 0 radical (unpaired) electrons. The molecule has 66 valence electrons. The molecule has 0 spiro atoms. The minimum absolute atomic E-state index is 0.0217. The Balaban J connectivity index is 2.97. The van der Waals surface area contributed by atoms with Crippen molar-refractivity contribution in [3.63, 3.8) is 0 Å². The van der Waals surface area contributed by atoms with E-state index in [0.29, 0.717) is 11.2 Å². The number of fused-ring (bicyclic) bond motifs is 1. The Kier molecular flexibility index (Phi) is 1.77. The lowest BCUT2D eigenvalue weighted by Crippen LogP contribution is -1.89. The quantitative estimate of drug-likeness (QED) is 0.339. The van der Waals surface area contributed by atoms with Gasteiger partial charge in [0.05, 0.1) is 5.69 Å². The van der Waals surface area contributed by atoms with Crippen molar-refractivity contribution in [2.45, 2.75) is 4.90 Å². The molecule has 3 nitrogen and oxygen atoms in total. The van der Waals surface area contributed by atoms with E-state index in [4.69, 9.17) is 5.73 Å². The van der Waals surface area contributed by atoms with Crippen LogP contribution in [-0.4, -0.2) is 10.1 Å². The molecule has 2 aromatic rings. The van der Waals surface area contributed by atoms with Gasteiger partial charge in [-0.15, -0.1) is 12.6 Å². The van der Waals surface area contributed by atoms with Gasteiger partial charge >= 0.3 is 0 Å². The van der Waals surface area contributed by atoms with Crippen LogP contribution in [0, 0.1) is 0 Å². The molecule has 0 aliphatic heterocycles. The lowest BCUT2D eigenvalue weighted by molar-refractivity contribution is 0.482. The molecule has 0 atom stereocenters. The van der Waals surface area contributed by atoms with Gasteiger partial charge in [0.2, 0.25) is 0 Å². The van der Waals surface area contributed by atoms with Gasteiger partial charge in [0, 0.05) is 16.5 Å². The summed E-state index contributed by atoms with van der Waals surface area (Å²) in [6.07, 6.45) is 1.61. The minimum Gasteiger partial charge on any atom is -0.504 e. The van der Waals surface area contributed by atoms with Crippen LogP contribution in [0.4, 0.5) is 5.69 Å². The Bertz CT molecular complexity index is 470. The predicted molar refractivity (Wildman–Crippen MR) is 55.1 cm³/mol. The number of aromatic nitrogens is 1. The van der Waals surface area contributed by atoms with Crippen LogP contribution in [0.15, 0.2) is 29.3 Å². The summed E-state index contributed by atoms with van der Waals surface area (Å²) < 4.78 is 0. The summed E-state index contributed by atoms with van der Waals surface area (Å²) in [5, 5.41) is 10.4. The highest BCUT2D eigenvalue weighted by Gasteiger charge is 2.07. The molecule has 0 unspecified atom stereocenters. The fourth-order valence-corrected chi connectivity index (χ4v) is 1.55. The van der Waals surface area contributed by atoms with E-state index in [1.54, 1.807) is 18.3 Å². The van der Waals surface area contributed by atoms with Crippen molar-refractivity contribution < 1.29 is 5.11 Å². The summed E-state index contributed by atoms with van der Waals surface area (Å²) in [7, 11) is 0. The Labute approximate surface area is 80.6 Å². The third kappa shape index (κ3) is 1.19. The number of rotatable bonds is 0. The monoisotopic (exact) mass is 192 g/mol. The molecule has 0 aliphatic carbocycles. The van der Waals surface area contributed by atoms with Gasteiger partial charge in [-0.25, -0.2) is 0 Å². The topological polar surface area (TPSA) is 59.1 Å². The smallest absolute Gasteiger partial charge is 0.165 e. The first-order chi connectivity index (χ1) is 6.20. The number of benzene rings is 1. The van der Waals surface area contributed by atoms with Crippen molar-refractivity contribution >= 4 is 29.2 Å². The Morgan fingerprint density at radius 2 is 2.23 bits per heavy atom. The van der Waals surface area contributed by atoms with Gasteiger partial charge in [0.1, 0.15) is 5.52 Å². The van der Waals surface area contributed by atoms with Crippen molar-refractivity contribution in [1.29, 1.82) is 0 Å². The van der Waals surface area contributed by atoms with Crippen LogP contribution in [0.5, 0.6) is 5.75 Å². The molecule has 0 amide bonds. The van der Waals surface area contributed by atoms with E-state index in [1.807, 2.05) is 6.07 Å². The second-order valence-electron chi connectivity index (χ2n) is 2.73. The molecule has 3 N–H and O–H groups in total. The van der Waals surface area contributed by atoms with Crippen LogP contribution in [0.25, 0.3) is 10.9 Å². The second kappa shape index (κ2) is 2.81. The molecular weight excluding hydrogens is 184 g/mol. The zero-order chi connectivity index (χ0) is 9.42. The van der Waals surface area contributed by atoms with Gasteiger partial charge in [-0.05, 0) is 12.1 Å². The summed E-state index contributed by atoms with van der Waals surface area (Å²) in [6, 6.07) is 5.24. The van der Waals surface area contributed by atoms with Crippen molar-refractivity contribution in [3.8, 4) is 5.75 Å². The molecule has 0 saturated carbocycles. The molecular formula is C9H8N2OS. The first-order valence-electron chi connectivity index (χ1n) is 3.75. The number of hydrogen-bond donors (Lipinski definition) is 3. The van der Waals surface area contributed by atoms with Gasteiger partial charge in [-0.3, -0.25) is 4.98 Å². The van der Waals surface area contributed by atoms with E-state index in [0.717, 1.165) is 10.3 Å². The standard InChI is InChI=1S/C9H8N2OS/c10-6-4-7(13)5-2-1-3-11-8(5)9(6)12/h1-4,12-13H,10H2. The number of phenolic OH excluding ortho intramolecular Hbond substituents is 1. The predicted octanol–water partition coefficient (Wildman–Crippen LogP) is 1.81. The Hall–Kier alpha value is -1.42. The van der Waals surface area contributed by atoms with E-state index in [9.17, 15) is 5.11 Å². The van der Waals surface area contributed by atoms with Crippen LogP contribution in [0.2, 0.25) is 0 Å². The number of nitrogens with zero attached hydrogens (tertiary/aromatic N) is 1. The zero-order valence-corrected chi connectivity index (χ0v) is 7.62. The van der Waals surface area contributed by atoms with E-state index in [-0.39, 0.29) is 5.75 Å². The molecule has 1 heterocycles. The second-order valence-corrected chi connectivity index (χ2v) is 3.21. The summed E-state index contributed by atoms with van der Waals surface area (Å²) in [5.41, 5.74) is 6.34. The number of thiol groups is 1. The number of nitrogens with two attached hydrogens (primary N) is 1. The number of hydrogen-bond acceptors (Lipinski definition) is 4. The third-order valence-corrected chi connectivity index (χ3v) is 2.24. The van der Waals surface area contributed by atoms with Crippen molar-refractivity contribution in [3.05, 3.63) is 24.4 Å². The van der Waals surface area contributed by atoms with E-state index in [2.05, 4.69) is 17.6 Å². The molecule has 4 heteroatoms. The third-order valence-electron chi connectivity index (χ3n) is 1.87. The fraction of sp³-hybridized carbons (Fsp3) is 0. The van der Waals surface area contributed by atoms with Crippen LogP contribution in [0.1, 0.15) is 0 Å². The van der Waals surface area contributed by atoms with Gasteiger partial charge < -0.3 is 10.8 Å². The largest absolute Gasteiger partial charge is 0.504 e. The Morgan fingerprint density at radius 3 is 3.00 bits per heavy atom. The number of aromatic hydroxyl groups is 1. The van der Waals surface area contributed by atoms with Gasteiger partial charge in [-0.2, -0.15) is 0 Å². The van der Waals surface area contributed by atoms with Gasteiger partial charge in [0.25, 0.3) is 0 Å². The molecule has 0 aliphatic rings. The first kappa shape index (κ1) is 8.19. The summed E-state index contributed by atoms with van der Waals surface area (Å²) in [5.74, 6) is 0.0217. The van der Waals surface area contributed by atoms with Crippen LogP contribution >= 0.6 is 12.6 Å². The fourth-order valence-electron chi connectivity index (χ4n) is 1.23. The molecule has 2 rings (SSSR count). The first-order valence-corrected chi connectivity index (χ1v) is 4.20. The average Bonchev–Trinajstić information content (AvgIpc) is 2.15. The van der Waals surface area contributed by atoms with Crippen LogP contribution in [-0.2, 0) is 0 Å². The summed E-state index contributed by atoms with van der Waals surface area (Å²) in [6.45, 7) is 0. The molecule has 0 bridgehead atoms. The molecule has 1 aromatic heterocycles. The minimum atomic E-state index is 0.0217. The van der Waals surface area contributed by atoms with Crippen molar-refractivity contribution in [2.75, 3.05) is 5.73 Å². The molecule has 0 fully saturated rings. The number of anilines is 1. The van der Waals surface area contributed by atoms with Crippen LogP contribution in [0.3, 0.4) is 0 Å². The highest BCUT2D eigenvalue weighted by molar-refractivity contribution is 7.80. The average molecular weight is 192 g/mol. The van der Waals surface area contributed by atoms with Gasteiger partial charge in [0.15, 0.2) is 5.75 Å². The normalized spacial score (nSPS) is 10.5. The van der Waals surface area contributed by atoms with Crippen molar-refractivity contribution in [1.82, 2.24) is 4.98 Å². The van der Waals surface area contributed by atoms with Gasteiger partial charge in [-0.1, -0.05) is 6.07 Å². The van der Waals surface area contributed by atoms with E-state index in [1.165, 1.54) is 0 Å². The maximum atomic E-state index is 9.56. The highest BCUT2D eigenvalue weighted by Crippen LogP contribution is 2.33. The maximum Gasteiger partial charge on any atom is 0.165 e. The maximum absolute atomic E-state index is 9.56. The summed E-state index contributed by atoms with van der Waals surface area (Å²) >= 11 is 4.24. The molecule has 0 saturated heterocycles. The number of pyridine rings is 1. The van der Waals surface area contributed by atoms with E-state index < -0.39 is 0 Å². The number of nitrogen functional groups attached to an aromatic ring is 1. The highest BCUT2D eigenvalue weighted by atomic mass is 32.1. The Morgan fingerprint density at radius 1 is 1.46 bits per heavy atom. The lowest BCUT2D eigenvalue weighted by atomic mass is 10.2. The summed E-state index contributed by atoms with van der Waals surface area (Å²) in [4.78, 5) is 4.74. The molecule has 1 aromatic carbocycles. The zero-order valence-electron chi connectivity index (χ0n) is 6.73. The van der Waals surface area contributed by atoms with Crippen LogP contribution < -0.4 is 5.73 Å². The lowest BCUT2D eigenvalue weighted by Gasteiger charge is -2.05. The SMILES string of the molecule is Nc1cc(S)c2cccnc2c1O. The van der Waals surface area contributed by atoms with Crippen molar-refractivity contribution in [2.24, 2.45) is 0 Å². The van der Waals surface area contributed by atoms with E-state index >= 15 is 0 Å². The number of phenols is 1.